The average Bonchev–Trinajstić information content (AvgIpc) is 2.63. The Labute approximate surface area is 186 Å². The molecule has 0 spiro atoms. The zero-order valence-corrected chi connectivity index (χ0v) is 18.1. The fourth-order valence-corrected chi connectivity index (χ4v) is 5.06. The highest BCUT2D eigenvalue weighted by molar-refractivity contribution is 7.87. The van der Waals surface area contributed by atoms with Gasteiger partial charge in [-0.05, 0) is 41.5 Å². The largest absolute Gasteiger partial charge is 0.508 e. The number of halogens is 4. The van der Waals surface area contributed by atoms with E-state index in [-0.39, 0.29) is 42.5 Å². The minimum absolute atomic E-state index is 0.00452. The Kier molecular flexibility index (Phi) is 5.98. The van der Waals surface area contributed by atoms with Crippen LogP contribution in [-0.2, 0) is 14.9 Å². The number of benzene rings is 3. The van der Waals surface area contributed by atoms with Gasteiger partial charge in [0.25, 0.3) is 10.1 Å². The van der Waals surface area contributed by atoms with Crippen LogP contribution in [0.4, 0.5) is 0 Å². The van der Waals surface area contributed by atoms with Crippen LogP contribution in [0.3, 0.4) is 0 Å². The van der Waals surface area contributed by atoms with Gasteiger partial charge in [-0.15, -0.1) is 0 Å². The van der Waals surface area contributed by atoms with Crippen molar-refractivity contribution in [2.24, 2.45) is 0 Å². The highest BCUT2D eigenvalue weighted by Crippen LogP contribution is 2.49. The Morgan fingerprint density at radius 2 is 1.21 bits per heavy atom. The van der Waals surface area contributed by atoms with E-state index in [1.165, 1.54) is 42.5 Å². The molecule has 3 rings (SSSR count). The quantitative estimate of drug-likeness (QED) is 0.311. The molecule has 10 heteroatoms. The summed E-state index contributed by atoms with van der Waals surface area (Å²) in [5, 5.41) is 20.3. The summed E-state index contributed by atoms with van der Waals surface area (Å²) >= 11 is 24.1. The molecule has 0 saturated carbocycles. The van der Waals surface area contributed by atoms with Crippen LogP contribution < -0.4 is 0 Å². The molecule has 0 bridgehead atoms. The SMILES string of the molecule is O=S(=O)(O)C(c1ccc(O)cc1)(c1ccc(Cl)c(Cl)c1)c1cc(Cl)c(Cl)cc1O. The van der Waals surface area contributed by atoms with Crippen LogP contribution in [0, 0.1) is 0 Å². The maximum Gasteiger partial charge on any atom is 0.283 e. The molecule has 5 nitrogen and oxygen atoms in total. The number of aromatic hydroxyl groups is 2. The van der Waals surface area contributed by atoms with E-state index in [1.54, 1.807) is 0 Å². The second-order valence-corrected chi connectivity index (χ2v) is 9.31. The molecule has 1 atom stereocenters. The molecular formula is C19H12Cl4O5S. The minimum Gasteiger partial charge on any atom is -0.508 e. The predicted molar refractivity (Wildman–Crippen MR) is 114 cm³/mol. The first-order valence-corrected chi connectivity index (χ1v) is 10.8. The maximum absolute atomic E-state index is 12.9. The molecule has 0 heterocycles. The van der Waals surface area contributed by atoms with Crippen LogP contribution in [-0.4, -0.2) is 23.2 Å². The molecule has 0 aliphatic rings. The third-order valence-electron chi connectivity index (χ3n) is 4.40. The van der Waals surface area contributed by atoms with Crippen molar-refractivity contribution in [3.05, 3.63) is 91.4 Å². The zero-order valence-electron chi connectivity index (χ0n) is 14.3. The van der Waals surface area contributed by atoms with Gasteiger partial charge in [-0.2, -0.15) is 8.42 Å². The summed E-state index contributed by atoms with van der Waals surface area (Å²) in [7, 11) is -5.03. The van der Waals surface area contributed by atoms with Crippen LogP contribution in [0.5, 0.6) is 11.5 Å². The zero-order chi connectivity index (χ0) is 21.6. The van der Waals surface area contributed by atoms with E-state index < -0.39 is 20.6 Å². The third-order valence-corrected chi connectivity index (χ3v) is 7.33. The monoisotopic (exact) mass is 492 g/mol. The molecule has 0 aliphatic carbocycles. The first kappa shape index (κ1) is 22.0. The molecule has 0 aliphatic heterocycles. The second-order valence-electron chi connectivity index (χ2n) is 6.12. The molecule has 3 aromatic carbocycles. The van der Waals surface area contributed by atoms with Gasteiger partial charge in [-0.1, -0.05) is 64.6 Å². The number of hydrogen-bond acceptors (Lipinski definition) is 4. The van der Waals surface area contributed by atoms with Crippen LogP contribution >= 0.6 is 46.4 Å². The molecule has 29 heavy (non-hydrogen) atoms. The minimum atomic E-state index is -5.03. The normalized spacial score (nSPS) is 13.8. The van der Waals surface area contributed by atoms with Crippen molar-refractivity contribution >= 4 is 56.5 Å². The Morgan fingerprint density at radius 1 is 0.690 bits per heavy atom. The highest BCUT2D eigenvalue weighted by Gasteiger charge is 2.50. The standard InChI is InChI=1S/C19H12Cl4O5S/c20-14-6-3-11(7-15(14)21)19(29(26,27)28,10-1-4-12(24)5-2-10)13-8-16(22)17(23)9-18(13)25/h1-9,24-25H,(H,26,27,28). The van der Waals surface area contributed by atoms with Crippen molar-refractivity contribution < 1.29 is 23.2 Å². The number of phenols is 2. The lowest BCUT2D eigenvalue weighted by atomic mass is 9.83. The van der Waals surface area contributed by atoms with Crippen LogP contribution in [0.2, 0.25) is 20.1 Å². The van der Waals surface area contributed by atoms with E-state index in [0.29, 0.717) is 0 Å². The van der Waals surface area contributed by atoms with E-state index in [2.05, 4.69) is 0 Å². The van der Waals surface area contributed by atoms with E-state index in [0.717, 1.165) is 12.1 Å². The van der Waals surface area contributed by atoms with Gasteiger partial charge in [0.15, 0.2) is 4.75 Å². The summed E-state index contributed by atoms with van der Waals surface area (Å²) in [6, 6.07) is 11.2. The van der Waals surface area contributed by atoms with Crippen LogP contribution in [0.25, 0.3) is 0 Å². The fourth-order valence-electron chi connectivity index (χ4n) is 3.14. The van der Waals surface area contributed by atoms with E-state index in [9.17, 15) is 23.2 Å². The van der Waals surface area contributed by atoms with Crippen molar-refractivity contribution in [3.63, 3.8) is 0 Å². The van der Waals surface area contributed by atoms with Gasteiger partial charge < -0.3 is 10.2 Å². The van der Waals surface area contributed by atoms with Crippen molar-refractivity contribution in [1.82, 2.24) is 0 Å². The van der Waals surface area contributed by atoms with Crippen molar-refractivity contribution in [1.29, 1.82) is 0 Å². The van der Waals surface area contributed by atoms with E-state index in [1.807, 2.05) is 0 Å². The first-order valence-electron chi connectivity index (χ1n) is 7.89. The van der Waals surface area contributed by atoms with Crippen molar-refractivity contribution in [2.75, 3.05) is 0 Å². The van der Waals surface area contributed by atoms with Gasteiger partial charge in [0.05, 0.1) is 20.1 Å². The average molecular weight is 494 g/mol. The first-order chi connectivity index (χ1) is 13.5. The summed E-state index contributed by atoms with van der Waals surface area (Å²) in [6.07, 6.45) is 0. The summed E-state index contributed by atoms with van der Waals surface area (Å²) in [4.78, 5) is 0. The van der Waals surface area contributed by atoms with Crippen LogP contribution in [0.15, 0.2) is 54.6 Å². The Morgan fingerprint density at radius 3 is 1.76 bits per heavy atom. The second kappa shape index (κ2) is 7.87. The van der Waals surface area contributed by atoms with Crippen LogP contribution in [0.1, 0.15) is 16.7 Å². The Hall–Kier alpha value is -1.67. The van der Waals surface area contributed by atoms with Gasteiger partial charge in [0.2, 0.25) is 0 Å². The van der Waals surface area contributed by atoms with Gasteiger partial charge in [-0.25, -0.2) is 0 Å². The highest BCUT2D eigenvalue weighted by atomic mass is 35.5. The Balaban J connectivity index is 2.56. The summed E-state index contributed by atoms with van der Waals surface area (Å²) < 4.78 is 33.9. The molecule has 3 N–H and O–H groups in total. The number of phenolic OH excluding ortho intramolecular Hbond substituents is 2. The summed E-state index contributed by atoms with van der Waals surface area (Å²) in [5.74, 6) is -0.665. The molecule has 0 saturated heterocycles. The van der Waals surface area contributed by atoms with Gasteiger partial charge in [0.1, 0.15) is 11.5 Å². The topological polar surface area (TPSA) is 94.8 Å². The maximum atomic E-state index is 12.9. The molecule has 0 aromatic heterocycles. The van der Waals surface area contributed by atoms with Gasteiger partial charge in [0, 0.05) is 11.6 Å². The van der Waals surface area contributed by atoms with Gasteiger partial charge in [-0.3, -0.25) is 4.55 Å². The van der Waals surface area contributed by atoms with E-state index >= 15 is 0 Å². The number of rotatable bonds is 4. The van der Waals surface area contributed by atoms with Crippen molar-refractivity contribution in [2.45, 2.75) is 4.75 Å². The molecule has 0 radical (unpaired) electrons. The third kappa shape index (κ3) is 3.77. The van der Waals surface area contributed by atoms with Gasteiger partial charge >= 0.3 is 0 Å². The molecule has 1 unspecified atom stereocenters. The smallest absolute Gasteiger partial charge is 0.283 e. The summed E-state index contributed by atoms with van der Waals surface area (Å²) in [6.45, 7) is 0. The predicted octanol–water partition coefficient (Wildman–Crippen LogP) is 5.89. The number of hydrogen-bond donors (Lipinski definition) is 3. The molecule has 0 amide bonds. The molecule has 152 valence electrons. The molecule has 3 aromatic rings. The Bertz CT molecular complexity index is 1200. The molecular weight excluding hydrogens is 482 g/mol. The lowest BCUT2D eigenvalue weighted by Gasteiger charge is -2.33. The summed E-state index contributed by atoms with van der Waals surface area (Å²) in [5.41, 5.74) is -0.280. The lowest BCUT2D eigenvalue weighted by molar-refractivity contribution is 0.440. The lowest BCUT2D eigenvalue weighted by Crippen LogP contribution is -2.38. The fraction of sp³-hybridized carbons (Fsp3) is 0.0526. The van der Waals surface area contributed by atoms with E-state index in [4.69, 9.17) is 46.4 Å². The molecule has 0 fully saturated rings. The van der Waals surface area contributed by atoms with Crippen molar-refractivity contribution in [3.8, 4) is 11.5 Å².